The van der Waals surface area contributed by atoms with Gasteiger partial charge in [-0.05, 0) is 36.6 Å². The van der Waals surface area contributed by atoms with E-state index in [4.69, 9.17) is 4.74 Å². The van der Waals surface area contributed by atoms with Crippen molar-refractivity contribution < 1.29 is 26.0 Å². The fourth-order valence-corrected chi connectivity index (χ4v) is 6.98. The largest absolute Gasteiger partial charge is 0.493 e. The summed E-state index contributed by atoms with van der Waals surface area (Å²) in [6, 6.07) is 10.9. The van der Waals surface area contributed by atoms with Gasteiger partial charge in [-0.3, -0.25) is 4.90 Å². The lowest BCUT2D eigenvalue weighted by Gasteiger charge is -2.45. The van der Waals surface area contributed by atoms with E-state index >= 15 is 0 Å². The minimum atomic E-state index is -3.61. The van der Waals surface area contributed by atoms with Crippen molar-refractivity contribution in [3.63, 3.8) is 0 Å². The number of halogens is 1. The summed E-state index contributed by atoms with van der Waals surface area (Å²) in [5, 5.41) is -0.462. The second-order valence-corrected chi connectivity index (χ2v) is 12.7. The van der Waals surface area contributed by atoms with Crippen molar-refractivity contribution in [2.75, 3.05) is 26.0 Å². The first-order chi connectivity index (χ1) is 15.6. The summed E-state index contributed by atoms with van der Waals surface area (Å²) in [6.07, 6.45) is 2.89. The van der Waals surface area contributed by atoms with E-state index in [1.165, 1.54) is 18.4 Å². The molecule has 10 heteroatoms. The van der Waals surface area contributed by atoms with Crippen LogP contribution in [0.4, 0.5) is 4.39 Å². The summed E-state index contributed by atoms with van der Waals surface area (Å²) in [4.78, 5) is 2.41. The molecule has 0 saturated carbocycles. The zero-order chi connectivity index (χ0) is 23.8. The molecule has 33 heavy (non-hydrogen) atoms. The molecule has 7 nitrogen and oxygen atoms in total. The number of hydrogen-bond donors (Lipinski definition) is 1. The highest BCUT2D eigenvalue weighted by Crippen LogP contribution is 2.45. The fourth-order valence-electron chi connectivity index (χ4n) is 4.86. The van der Waals surface area contributed by atoms with Crippen molar-refractivity contribution in [1.82, 2.24) is 9.62 Å². The third-order valence-electron chi connectivity index (χ3n) is 6.49. The van der Waals surface area contributed by atoms with Crippen LogP contribution in [-0.2, 0) is 19.9 Å². The molecule has 2 aromatic carbocycles. The molecular weight excluding hydrogens is 467 g/mol. The third-order valence-corrected chi connectivity index (χ3v) is 9.68. The Labute approximate surface area is 194 Å². The third kappa shape index (κ3) is 5.08. The monoisotopic (exact) mass is 496 g/mol. The number of sulfonamides is 1. The van der Waals surface area contributed by atoms with Gasteiger partial charge in [-0.2, -0.15) is 0 Å². The van der Waals surface area contributed by atoms with Crippen LogP contribution < -0.4 is 9.46 Å². The maximum Gasteiger partial charge on any atom is 0.240 e. The zero-order valence-electron chi connectivity index (χ0n) is 18.7. The minimum Gasteiger partial charge on any atom is -0.493 e. The van der Waals surface area contributed by atoms with Gasteiger partial charge in [0.2, 0.25) is 10.0 Å². The number of sulfone groups is 1. The number of likely N-dealkylation sites (tertiary alicyclic amines) is 1. The Hall–Kier alpha value is -2.01. The van der Waals surface area contributed by atoms with E-state index in [1.54, 1.807) is 37.3 Å². The maximum absolute atomic E-state index is 13.6. The second-order valence-electron chi connectivity index (χ2n) is 8.63. The molecule has 4 rings (SSSR count). The van der Waals surface area contributed by atoms with Crippen LogP contribution >= 0.6 is 0 Å². The van der Waals surface area contributed by atoms with Gasteiger partial charge in [0.15, 0.2) is 0 Å². The Morgan fingerprint density at radius 2 is 1.79 bits per heavy atom. The lowest BCUT2D eigenvalue weighted by atomic mass is 9.89. The lowest BCUT2D eigenvalue weighted by molar-refractivity contribution is 0.0680. The Morgan fingerprint density at radius 1 is 1.06 bits per heavy atom. The highest BCUT2D eigenvalue weighted by Gasteiger charge is 2.39. The normalized spacial score (nSPS) is 24.2. The number of hydrogen-bond acceptors (Lipinski definition) is 6. The lowest BCUT2D eigenvalue weighted by Crippen LogP contribution is -2.44. The zero-order valence-corrected chi connectivity index (χ0v) is 20.3. The van der Waals surface area contributed by atoms with Crippen molar-refractivity contribution >= 4 is 19.9 Å². The second kappa shape index (κ2) is 9.32. The van der Waals surface area contributed by atoms with Gasteiger partial charge >= 0.3 is 0 Å². The Morgan fingerprint density at radius 3 is 2.45 bits per heavy atom. The van der Waals surface area contributed by atoms with E-state index in [9.17, 15) is 21.2 Å². The highest BCUT2D eigenvalue weighted by atomic mass is 32.2. The Bertz CT molecular complexity index is 1220. The van der Waals surface area contributed by atoms with E-state index in [0.29, 0.717) is 38.2 Å². The highest BCUT2D eigenvalue weighted by molar-refractivity contribution is 7.91. The van der Waals surface area contributed by atoms with E-state index in [1.807, 2.05) is 0 Å². The van der Waals surface area contributed by atoms with Crippen LogP contribution in [0.3, 0.4) is 0 Å². The van der Waals surface area contributed by atoms with Crippen molar-refractivity contribution in [2.24, 2.45) is 0 Å². The number of nitrogens with one attached hydrogen (secondary N) is 1. The molecule has 2 aromatic rings. The van der Waals surface area contributed by atoms with Gasteiger partial charge in [-0.1, -0.05) is 25.1 Å². The number of nitrogens with zero attached hydrogens (tertiary/aromatic N) is 1. The fraction of sp³-hybridized carbons (Fsp3) is 0.478. The Kier molecular flexibility index (Phi) is 6.82. The summed E-state index contributed by atoms with van der Waals surface area (Å²) >= 11 is 0. The molecule has 1 saturated heterocycles. The topological polar surface area (TPSA) is 92.8 Å². The smallest absolute Gasteiger partial charge is 0.240 e. The van der Waals surface area contributed by atoms with E-state index in [2.05, 4.69) is 9.62 Å². The first-order valence-corrected chi connectivity index (χ1v) is 14.5. The van der Waals surface area contributed by atoms with Gasteiger partial charge in [-0.25, -0.2) is 25.9 Å². The van der Waals surface area contributed by atoms with E-state index < -0.39 is 25.1 Å². The molecule has 0 radical (unpaired) electrons. The quantitative estimate of drug-likeness (QED) is 0.660. The number of rotatable bonds is 6. The molecule has 180 valence electrons. The average molecular weight is 497 g/mol. The minimum absolute atomic E-state index is 0.0693. The number of piperidine rings is 1. The van der Waals surface area contributed by atoms with Crippen LogP contribution in [0.1, 0.15) is 49.4 Å². The standard InChI is InChI=1S/C23H29FN2O5S2/c1-3-25-33(29,30)19-8-9-20-21(11-13-31-23(20)15-19)26-12-10-18(32(2,27)28)14-22(26)16-4-6-17(24)7-5-16/h4-9,15,18,21-22,25H,3,10-14H2,1-2H3/t18-,21?,22+/m0/s1. The predicted octanol–water partition coefficient (Wildman–Crippen LogP) is 3.20. The molecule has 2 aliphatic heterocycles. The van der Waals surface area contributed by atoms with Crippen LogP contribution in [0.25, 0.3) is 0 Å². The summed E-state index contributed by atoms with van der Waals surface area (Å²) in [5.41, 5.74) is 1.74. The van der Waals surface area contributed by atoms with E-state index in [-0.39, 0.29) is 29.3 Å². The number of ether oxygens (including phenoxy) is 1. The van der Waals surface area contributed by atoms with Gasteiger partial charge in [0.05, 0.1) is 16.8 Å². The van der Waals surface area contributed by atoms with Crippen LogP contribution in [0.2, 0.25) is 0 Å². The van der Waals surface area contributed by atoms with Crippen LogP contribution in [-0.4, -0.2) is 52.9 Å². The SMILES string of the molecule is CCNS(=O)(=O)c1ccc2c(c1)OCCC2N1CC[C@H](S(C)(=O)=O)C[C@@H]1c1ccc(F)cc1. The Balaban J connectivity index is 1.70. The molecule has 0 aromatic heterocycles. The van der Waals surface area contributed by atoms with Gasteiger partial charge < -0.3 is 4.74 Å². The van der Waals surface area contributed by atoms with Gasteiger partial charge in [-0.15, -0.1) is 0 Å². The van der Waals surface area contributed by atoms with Gasteiger partial charge in [0, 0.05) is 49.5 Å². The van der Waals surface area contributed by atoms with Crippen molar-refractivity contribution in [2.45, 2.75) is 48.4 Å². The molecule has 2 aliphatic rings. The van der Waals surface area contributed by atoms with Crippen molar-refractivity contribution in [3.05, 3.63) is 59.4 Å². The molecular formula is C23H29FN2O5S2. The van der Waals surface area contributed by atoms with Gasteiger partial charge in [0.25, 0.3) is 0 Å². The molecule has 3 atom stereocenters. The van der Waals surface area contributed by atoms with Crippen LogP contribution in [0.5, 0.6) is 5.75 Å². The molecule has 0 bridgehead atoms. The molecule has 0 aliphatic carbocycles. The van der Waals surface area contributed by atoms with Gasteiger partial charge in [0.1, 0.15) is 21.4 Å². The molecule has 2 heterocycles. The van der Waals surface area contributed by atoms with Crippen LogP contribution in [0.15, 0.2) is 47.4 Å². The molecule has 1 N–H and O–H groups in total. The summed E-state index contributed by atoms with van der Waals surface area (Å²) in [7, 11) is -6.83. The van der Waals surface area contributed by atoms with E-state index in [0.717, 1.165) is 11.1 Å². The van der Waals surface area contributed by atoms with Crippen LogP contribution in [0, 0.1) is 5.82 Å². The number of benzene rings is 2. The molecule has 0 amide bonds. The molecule has 0 spiro atoms. The molecule has 1 fully saturated rings. The average Bonchev–Trinajstić information content (AvgIpc) is 2.78. The summed E-state index contributed by atoms with van der Waals surface area (Å²) in [5.74, 6) is 0.180. The first-order valence-electron chi connectivity index (χ1n) is 11.1. The van der Waals surface area contributed by atoms with Crippen molar-refractivity contribution in [1.29, 1.82) is 0 Å². The summed E-state index contributed by atoms with van der Waals surface area (Å²) < 4.78 is 71.4. The molecule has 1 unspecified atom stereocenters. The predicted molar refractivity (Wildman–Crippen MR) is 124 cm³/mol. The maximum atomic E-state index is 13.6. The first kappa shape index (κ1) is 24.1. The van der Waals surface area contributed by atoms with Crippen molar-refractivity contribution in [3.8, 4) is 5.75 Å². The number of fused-ring (bicyclic) bond motifs is 1. The summed E-state index contributed by atoms with van der Waals surface area (Å²) in [6.45, 7) is 2.99.